The minimum Gasteiger partial charge on any atom is -0.508 e. The first-order chi connectivity index (χ1) is 9.16. The third-order valence-electron chi connectivity index (χ3n) is 3.87. The summed E-state index contributed by atoms with van der Waals surface area (Å²) >= 11 is 0. The summed E-state index contributed by atoms with van der Waals surface area (Å²) in [5.74, 6) is -0.377. The lowest BCUT2D eigenvalue weighted by molar-refractivity contribution is -0.144. The molecule has 0 heterocycles. The van der Waals surface area contributed by atoms with E-state index in [1.165, 1.54) is 0 Å². The van der Waals surface area contributed by atoms with Crippen molar-refractivity contribution < 1.29 is 15.0 Å². The Morgan fingerprint density at radius 3 is 2.84 bits per heavy atom. The minimum atomic E-state index is -0.663. The van der Waals surface area contributed by atoms with E-state index in [9.17, 15) is 15.0 Å². The van der Waals surface area contributed by atoms with Crippen LogP contribution in [0.2, 0.25) is 0 Å². The number of benzene rings is 1. The van der Waals surface area contributed by atoms with Gasteiger partial charge in [-0.2, -0.15) is 0 Å². The van der Waals surface area contributed by atoms with Gasteiger partial charge in [0, 0.05) is 6.54 Å². The first-order valence-electron chi connectivity index (χ1n) is 6.88. The summed E-state index contributed by atoms with van der Waals surface area (Å²) in [6.07, 6.45) is 3.94. The summed E-state index contributed by atoms with van der Waals surface area (Å²) in [4.78, 5) is 11.2. The van der Waals surface area contributed by atoms with Crippen LogP contribution in [0.25, 0.3) is 0 Å². The monoisotopic (exact) mass is 263 g/mol. The molecule has 0 amide bonds. The highest BCUT2D eigenvalue weighted by Gasteiger charge is 2.30. The Bertz CT molecular complexity index is 433. The summed E-state index contributed by atoms with van der Waals surface area (Å²) in [6.45, 7) is 1.39. The predicted octanol–water partition coefficient (Wildman–Crippen LogP) is 2.37. The number of carboxylic acids is 1. The van der Waals surface area contributed by atoms with Crippen molar-refractivity contribution in [2.24, 2.45) is 11.8 Å². The molecule has 4 nitrogen and oxygen atoms in total. The Balaban J connectivity index is 1.82. The number of phenolic OH excluding ortho intramolecular Hbond substituents is 1. The summed E-state index contributed by atoms with van der Waals surface area (Å²) in [5, 5.41) is 21.9. The van der Waals surface area contributed by atoms with Crippen molar-refractivity contribution in [2.45, 2.75) is 32.2 Å². The fraction of sp³-hybridized carbons (Fsp3) is 0.533. The minimum absolute atomic E-state index is 0.203. The zero-order valence-corrected chi connectivity index (χ0v) is 11.0. The number of hydrogen-bond donors (Lipinski definition) is 3. The lowest BCUT2D eigenvalue weighted by atomic mass is 9.79. The molecule has 1 aliphatic carbocycles. The van der Waals surface area contributed by atoms with Gasteiger partial charge < -0.3 is 15.5 Å². The van der Waals surface area contributed by atoms with Crippen LogP contribution in [0.5, 0.6) is 5.75 Å². The SMILES string of the molecule is O=C(O)C1CCCCC1CNCc1cccc(O)c1. The fourth-order valence-electron chi connectivity index (χ4n) is 2.85. The molecule has 1 aliphatic rings. The smallest absolute Gasteiger partial charge is 0.306 e. The van der Waals surface area contributed by atoms with E-state index in [0.29, 0.717) is 6.54 Å². The van der Waals surface area contributed by atoms with Gasteiger partial charge >= 0.3 is 5.97 Å². The molecule has 0 spiro atoms. The summed E-state index contributed by atoms with van der Waals surface area (Å²) in [5.41, 5.74) is 1.02. The highest BCUT2D eigenvalue weighted by atomic mass is 16.4. The van der Waals surface area contributed by atoms with Gasteiger partial charge in [0.05, 0.1) is 5.92 Å². The Kier molecular flexibility index (Phi) is 4.80. The summed E-state index contributed by atoms with van der Waals surface area (Å²) < 4.78 is 0. The molecule has 1 fully saturated rings. The van der Waals surface area contributed by atoms with E-state index >= 15 is 0 Å². The van der Waals surface area contributed by atoms with Crippen molar-refractivity contribution >= 4 is 5.97 Å². The Morgan fingerprint density at radius 2 is 2.11 bits per heavy atom. The highest BCUT2D eigenvalue weighted by Crippen LogP contribution is 2.29. The maximum atomic E-state index is 11.2. The number of carbonyl (C=O) groups is 1. The summed E-state index contributed by atoms with van der Waals surface area (Å²) in [7, 11) is 0. The molecule has 104 valence electrons. The third-order valence-corrected chi connectivity index (χ3v) is 3.87. The lowest BCUT2D eigenvalue weighted by Crippen LogP contribution is -2.34. The number of carboxylic acid groups (broad SMARTS) is 1. The lowest BCUT2D eigenvalue weighted by Gasteiger charge is -2.28. The van der Waals surface area contributed by atoms with Crippen molar-refractivity contribution in [3.8, 4) is 5.75 Å². The molecule has 19 heavy (non-hydrogen) atoms. The molecule has 0 aromatic heterocycles. The standard InChI is InChI=1S/C15H21NO3/c17-13-6-3-4-11(8-13)9-16-10-12-5-1-2-7-14(12)15(18)19/h3-4,6,8,12,14,16-17H,1-2,5,7,9-10H2,(H,18,19). The zero-order valence-electron chi connectivity index (χ0n) is 11.0. The number of aliphatic carboxylic acids is 1. The second-order valence-electron chi connectivity index (χ2n) is 5.29. The molecule has 2 rings (SSSR count). The largest absolute Gasteiger partial charge is 0.508 e. The van der Waals surface area contributed by atoms with Crippen LogP contribution in [0.3, 0.4) is 0 Å². The van der Waals surface area contributed by atoms with Crippen LogP contribution in [-0.4, -0.2) is 22.7 Å². The van der Waals surface area contributed by atoms with Gasteiger partial charge in [0.15, 0.2) is 0 Å². The number of rotatable bonds is 5. The average molecular weight is 263 g/mol. The fourth-order valence-corrected chi connectivity index (χ4v) is 2.85. The van der Waals surface area contributed by atoms with Gasteiger partial charge in [-0.3, -0.25) is 4.79 Å². The number of aromatic hydroxyl groups is 1. The van der Waals surface area contributed by atoms with Crippen molar-refractivity contribution in [1.29, 1.82) is 0 Å². The van der Waals surface area contributed by atoms with Gasteiger partial charge in [0.2, 0.25) is 0 Å². The Hall–Kier alpha value is -1.55. The van der Waals surface area contributed by atoms with E-state index in [2.05, 4.69) is 5.32 Å². The number of hydrogen-bond acceptors (Lipinski definition) is 3. The average Bonchev–Trinajstić information content (AvgIpc) is 2.39. The van der Waals surface area contributed by atoms with Gasteiger partial charge in [-0.1, -0.05) is 25.0 Å². The normalized spacial score (nSPS) is 23.2. The predicted molar refractivity (Wildman–Crippen MR) is 72.9 cm³/mol. The van der Waals surface area contributed by atoms with E-state index < -0.39 is 5.97 Å². The molecule has 2 unspecified atom stereocenters. The molecular weight excluding hydrogens is 242 g/mol. The molecule has 0 saturated heterocycles. The number of nitrogens with one attached hydrogen (secondary N) is 1. The maximum Gasteiger partial charge on any atom is 0.306 e. The number of phenols is 1. The molecule has 1 aromatic rings. The van der Waals surface area contributed by atoms with Crippen LogP contribution in [0.15, 0.2) is 24.3 Å². The molecule has 0 radical (unpaired) electrons. The van der Waals surface area contributed by atoms with Crippen molar-refractivity contribution in [3.63, 3.8) is 0 Å². The highest BCUT2D eigenvalue weighted by molar-refractivity contribution is 5.70. The molecule has 0 aliphatic heterocycles. The zero-order chi connectivity index (χ0) is 13.7. The van der Waals surface area contributed by atoms with Crippen molar-refractivity contribution in [2.75, 3.05) is 6.54 Å². The Morgan fingerprint density at radius 1 is 1.32 bits per heavy atom. The van der Waals surface area contributed by atoms with Gasteiger partial charge in [-0.15, -0.1) is 0 Å². The van der Waals surface area contributed by atoms with Gasteiger partial charge in [-0.05, 0) is 43.0 Å². The van der Waals surface area contributed by atoms with Crippen molar-refractivity contribution in [1.82, 2.24) is 5.32 Å². The van der Waals surface area contributed by atoms with E-state index in [4.69, 9.17) is 0 Å². The van der Waals surface area contributed by atoms with Gasteiger partial charge in [0.25, 0.3) is 0 Å². The van der Waals surface area contributed by atoms with E-state index in [1.807, 2.05) is 12.1 Å². The van der Waals surface area contributed by atoms with Crippen molar-refractivity contribution in [3.05, 3.63) is 29.8 Å². The first-order valence-corrected chi connectivity index (χ1v) is 6.88. The van der Waals surface area contributed by atoms with Crippen LogP contribution >= 0.6 is 0 Å². The molecule has 3 N–H and O–H groups in total. The summed E-state index contributed by atoms with van der Waals surface area (Å²) in [6, 6.07) is 7.13. The molecular formula is C15H21NO3. The van der Waals surface area contributed by atoms with Crippen LogP contribution in [-0.2, 0) is 11.3 Å². The molecule has 2 atom stereocenters. The molecule has 0 bridgehead atoms. The molecule has 1 saturated carbocycles. The van der Waals surface area contributed by atoms with E-state index in [-0.39, 0.29) is 17.6 Å². The van der Waals surface area contributed by atoms with Crippen LogP contribution in [0, 0.1) is 11.8 Å². The quantitative estimate of drug-likeness (QED) is 0.763. The topological polar surface area (TPSA) is 69.6 Å². The van der Waals surface area contributed by atoms with Gasteiger partial charge in [-0.25, -0.2) is 0 Å². The second kappa shape index (κ2) is 6.57. The second-order valence-corrected chi connectivity index (χ2v) is 5.29. The van der Waals surface area contributed by atoms with Gasteiger partial charge in [0.1, 0.15) is 5.75 Å². The third kappa shape index (κ3) is 3.96. The molecule has 4 heteroatoms. The maximum absolute atomic E-state index is 11.2. The van der Waals surface area contributed by atoms with Crippen LogP contribution in [0.4, 0.5) is 0 Å². The Labute approximate surface area is 113 Å². The van der Waals surface area contributed by atoms with E-state index in [1.54, 1.807) is 12.1 Å². The first kappa shape index (κ1) is 13.9. The van der Waals surface area contributed by atoms with Crippen LogP contribution < -0.4 is 5.32 Å². The molecule has 1 aromatic carbocycles. The van der Waals surface area contributed by atoms with E-state index in [0.717, 1.165) is 37.8 Å². The van der Waals surface area contributed by atoms with Crippen LogP contribution in [0.1, 0.15) is 31.2 Å².